The van der Waals surface area contributed by atoms with Gasteiger partial charge in [-0.1, -0.05) is 11.8 Å². The van der Waals surface area contributed by atoms with E-state index < -0.39 is 30.5 Å². The molecule has 0 bridgehead atoms. The summed E-state index contributed by atoms with van der Waals surface area (Å²) in [4.78, 5) is 6.70. The van der Waals surface area contributed by atoms with Crippen LogP contribution in [-0.2, 0) is 4.74 Å². The fourth-order valence-corrected chi connectivity index (χ4v) is 4.10. The predicted octanol–water partition coefficient (Wildman–Crippen LogP) is -0.619. The van der Waals surface area contributed by atoms with Crippen LogP contribution in [0.3, 0.4) is 0 Å². The Morgan fingerprint density at radius 3 is 2.63 bits per heavy atom. The molecule has 7 heteroatoms. The highest BCUT2D eigenvalue weighted by molar-refractivity contribution is 8.14. The molecule has 0 aliphatic carbocycles. The predicted molar refractivity (Wildman–Crippen MR) is 72.0 cm³/mol. The van der Waals surface area contributed by atoms with Gasteiger partial charge in [-0.3, -0.25) is 4.99 Å². The molecule has 3 rings (SSSR count). The molecule has 6 nitrogen and oxygen atoms in total. The van der Waals surface area contributed by atoms with Crippen LogP contribution in [0.2, 0.25) is 0 Å². The third-order valence-electron chi connectivity index (χ3n) is 3.94. The maximum absolute atomic E-state index is 10.1. The van der Waals surface area contributed by atoms with Crippen LogP contribution in [0.5, 0.6) is 0 Å². The molecular weight excluding hydrogens is 268 g/mol. The average Bonchev–Trinajstić information content (AvgIpc) is 3.01. The first-order valence-electron chi connectivity index (χ1n) is 6.77. The van der Waals surface area contributed by atoms with Gasteiger partial charge in [0.1, 0.15) is 29.8 Å². The first kappa shape index (κ1) is 13.6. The van der Waals surface area contributed by atoms with E-state index >= 15 is 0 Å². The zero-order valence-electron chi connectivity index (χ0n) is 10.8. The van der Waals surface area contributed by atoms with Crippen molar-refractivity contribution in [3.05, 3.63) is 0 Å². The first-order chi connectivity index (χ1) is 9.08. The summed E-state index contributed by atoms with van der Waals surface area (Å²) in [5, 5.41) is 30.6. The molecule has 108 valence electrons. The summed E-state index contributed by atoms with van der Waals surface area (Å²) >= 11 is 1.49. The molecule has 0 aromatic rings. The lowest BCUT2D eigenvalue weighted by atomic mass is 9.95. The van der Waals surface area contributed by atoms with Gasteiger partial charge in [-0.25, -0.2) is 0 Å². The van der Waals surface area contributed by atoms with Crippen molar-refractivity contribution in [3.63, 3.8) is 0 Å². The van der Waals surface area contributed by atoms with Crippen LogP contribution in [0.1, 0.15) is 19.8 Å². The van der Waals surface area contributed by atoms with Crippen LogP contribution in [0, 0.1) is 0 Å². The molecule has 3 aliphatic heterocycles. The van der Waals surface area contributed by atoms with E-state index in [2.05, 4.69) is 9.89 Å². The maximum atomic E-state index is 10.1. The standard InChI is InChI=1S/C12H20N2O4S/c1-6(15)10-9(17)8(16)7-11(18-10)19-12(13-7)14-4-2-3-5-14/h6-11,15-17H,2-5H2,1H3/t6-,7+,8+,9-,10?,11+/m0/s1. The van der Waals surface area contributed by atoms with Gasteiger partial charge in [0.2, 0.25) is 0 Å². The number of nitrogens with zero attached hydrogens (tertiary/aromatic N) is 2. The highest BCUT2D eigenvalue weighted by Crippen LogP contribution is 2.38. The Morgan fingerprint density at radius 2 is 2.00 bits per heavy atom. The van der Waals surface area contributed by atoms with Crippen molar-refractivity contribution in [2.75, 3.05) is 13.1 Å². The number of aliphatic hydroxyl groups is 3. The molecule has 2 saturated heterocycles. The van der Waals surface area contributed by atoms with Crippen molar-refractivity contribution in [2.45, 2.75) is 55.7 Å². The maximum Gasteiger partial charge on any atom is 0.162 e. The number of hydrogen-bond acceptors (Lipinski definition) is 7. The van der Waals surface area contributed by atoms with Crippen molar-refractivity contribution in [1.82, 2.24) is 4.90 Å². The van der Waals surface area contributed by atoms with Gasteiger partial charge >= 0.3 is 0 Å². The molecule has 3 heterocycles. The molecule has 0 aromatic carbocycles. The Hall–Kier alpha value is -0.340. The number of likely N-dealkylation sites (tertiary alicyclic amines) is 1. The molecule has 19 heavy (non-hydrogen) atoms. The van der Waals surface area contributed by atoms with E-state index in [-0.39, 0.29) is 5.44 Å². The molecule has 0 amide bonds. The smallest absolute Gasteiger partial charge is 0.162 e. The van der Waals surface area contributed by atoms with E-state index in [0.29, 0.717) is 0 Å². The molecule has 3 N–H and O–H groups in total. The topological polar surface area (TPSA) is 85.5 Å². The summed E-state index contributed by atoms with van der Waals surface area (Å²) < 4.78 is 5.71. The van der Waals surface area contributed by atoms with Crippen LogP contribution in [0.25, 0.3) is 0 Å². The Balaban J connectivity index is 1.75. The number of hydrogen-bond donors (Lipinski definition) is 3. The van der Waals surface area contributed by atoms with Crippen LogP contribution in [-0.4, -0.2) is 74.4 Å². The number of aliphatic imine (C=N–C) groups is 1. The van der Waals surface area contributed by atoms with E-state index in [9.17, 15) is 15.3 Å². The van der Waals surface area contributed by atoms with Gasteiger partial charge in [-0.15, -0.1) is 0 Å². The molecule has 0 aromatic heterocycles. The van der Waals surface area contributed by atoms with Crippen molar-refractivity contribution in [1.29, 1.82) is 0 Å². The Bertz CT molecular complexity index is 373. The van der Waals surface area contributed by atoms with Gasteiger partial charge in [0.15, 0.2) is 5.17 Å². The normalized spacial score (nSPS) is 44.1. The minimum absolute atomic E-state index is 0.311. The van der Waals surface area contributed by atoms with Crippen LogP contribution < -0.4 is 0 Å². The van der Waals surface area contributed by atoms with Gasteiger partial charge < -0.3 is 25.0 Å². The van der Waals surface area contributed by atoms with Gasteiger partial charge in [0.05, 0.1) is 6.10 Å². The summed E-state index contributed by atoms with van der Waals surface area (Å²) in [5.41, 5.74) is -0.311. The van der Waals surface area contributed by atoms with E-state index in [1.54, 1.807) is 6.92 Å². The van der Waals surface area contributed by atoms with Crippen LogP contribution in [0.15, 0.2) is 4.99 Å². The lowest BCUT2D eigenvalue weighted by Gasteiger charge is -2.39. The lowest BCUT2D eigenvalue weighted by Crippen LogP contribution is -2.57. The third-order valence-corrected chi connectivity index (χ3v) is 5.14. The highest BCUT2D eigenvalue weighted by atomic mass is 32.2. The van der Waals surface area contributed by atoms with Gasteiger partial charge in [0.25, 0.3) is 0 Å². The molecular formula is C12H20N2O4S. The molecule has 0 saturated carbocycles. The molecule has 3 aliphatic rings. The third kappa shape index (κ3) is 2.38. The Labute approximate surface area is 116 Å². The molecule has 0 spiro atoms. The Morgan fingerprint density at radius 1 is 1.32 bits per heavy atom. The van der Waals surface area contributed by atoms with E-state index in [4.69, 9.17) is 4.74 Å². The minimum atomic E-state index is -1.09. The molecule has 6 atom stereocenters. The second kappa shape index (κ2) is 5.21. The second-order valence-corrected chi connectivity index (χ2v) is 6.47. The highest BCUT2D eigenvalue weighted by Gasteiger charge is 2.50. The van der Waals surface area contributed by atoms with E-state index in [1.807, 2.05) is 0 Å². The quantitative estimate of drug-likeness (QED) is 0.596. The van der Waals surface area contributed by atoms with Gasteiger partial charge in [-0.05, 0) is 19.8 Å². The summed E-state index contributed by atoms with van der Waals surface area (Å²) in [7, 11) is 0. The lowest BCUT2D eigenvalue weighted by molar-refractivity contribution is -0.181. The van der Waals surface area contributed by atoms with Gasteiger partial charge in [-0.2, -0.15) is 0 Å². The zero-order chi connectivity index (χ0) is 13.6. The number of rotatable bonds is 1. The fraction of sp³-hybridized carbons (Fsp3) is 0.917. The number of thioether (sulfide) groups is 1. The molecule has 0 radical (unpaired) electrons. The first-order valence-corrected chi connectivity index (χ1v) is 7.65. The number of fused-ring (bicyclic) bond motifs is 1. The zero-order valence-corrected chi connectivity index (χ0v) is 11.7. The van der Waals surface area contributed by atoms with Crippen LogP contribution in [0.4, 0.5) is 0 Å². The van der Waals surface area contributed by atoms with E-state index in [0.717, 1.165) is 31.1 Å². The van der Waals surface area contributed by atoms with Gasteiger partial charge in [0, 0.05) is 13.1 Å². The summed E-state index contributed by atoms with van der Waals surface area (Å²) in [6.07, 6.45) is -1.32. The van der Waals surface area contributed by atoms with Crippen molar-refractivity contribution in [2.24, 2.45) is 4.99 Å². The number of amidine groups is 1. The number of aliphatic hydroxyl groups excluding tert-OH is 3. The average molecular weight is 288 g/mol. The van der Waals surface area contributed by atoms with Crippen molar-refractivity contribution in [3.8, 4) is 0 Å². The summed E-state index contributed by atoms with van der Waals surface area (Å²) in [5.74, 6) is 0. The Kier molecular flexibility index (Phi) is 3.74. The SMILES string of the molecule is C[C@H](O)C1O[C@@H]2SC(N3CCCC3)=N[C@@H]2[C@@H](O)[C@@H]1O. The minimum Gasteiger partial charge on any atom is -0.391 e. The number of ether oxygens (including phenoxy) is 1. The van der Waals surface area contributed by atoms with Crippen molar-refractivity contribution < 1.29 is 20.1 Å². The fourth-order valence-electron chi connectivity index (χ4n) is 2.83. The monoisotopic (exact) mass is 288 g/mol. The largest absolute Gasteiger partial charge is 0.391 e. The second-order valence-electron chi connectivity index (χ2n) is 5.41. The summed E-state index contributed by atoms with van der Waals surface area (Å²) in [6.45, 7) is 3.54. The van der Waals surface area contributed by atoms with Crippen molar-refractivity contribution >= 4 is 16.9 Å². The summed E-state index contributed by atoms with van der Waals surface area (Å²) in [6, 6.07) is -0.439. The molecule has 2 fully saturated rings. The van der Waals surface area contributed by atoms with E-state index in [1.165, 1.54) is 11.8 Å². The van der Waals surface area contributed by atoms with Crippen LogP contribution >= 0.6 is 11.8 Å². The molecule has 1 unspecified atom stereocenters.